The fourth-order valence-corrected chi connectivity index (χ4v) is 4.80. The first-order valence-electron chi connectivity index (χ1n) is 11.8. The third-order valence-electron chi connectivity index (χ3n) is 6.47. The third kappa shape index (κ3) is 6.34. The first-order chi connectivity index (χ1) is 16.5. The number of methoxy groups -OCH3 is 1. The summed E-state index contributed by atoms with van der Waals surface area (Å²) in [4.78, 5) is 17.4. The minimum Gasteiger partial charge on any atom is -0.504 e. The van der Waals surface area contributed by atoms with Crippen molar-refractivity contribution in [1.29, 1.82) is 0 Å². The van der Waals surface area contributed by atoms with Crippen LogP contribution in [-0.2, 0) is 16.1 Å². The molecule has 2 aromatic rings. The highest BCUT2D eigenvalue weighted by Crippen LogP contribution is 2.30. The van der Waals surface area contributed by atoms with Crippen molar-refractivity contribution in [3.05, 3.63) is 53.1 Å². The van der Waals surface area contributed by atoms with E-state index in [4.69, 9.17) is 25.8 Å². The van der Waals surface area contributed by atoms with Crippen LogP contribution < -0.4 is 9.47 Å². The fraction of sp³-hybridized carbons (Fsp3) is 0.500. The van der Waals surface area contributed by atoms with Crippen LogP contribution in [0.15, 0.2) is 42.5 Å². The second-order valence-electron chi connectivity index (χ2n) is 9.11. The maximum atomic E-state index is 13.2. The molecule has 184 valence electrons. The van der Waals surface area contributed by atoms with Crippen LogP contribution in [0.5, 0.6) is 17.2 Å². The highest BCUT2D eigenvalue weighted by atomic mass is 35.5. The van der Waals surface area contributed by atoms with Crippen molar-refractivity contribution in [3.63, 3.8) is 0 Å². The van der Waals surface area contributed by atoms with Crippen LogP contribution in [0.3, 0.4) is 0 Å². The van der Waals surface area contributed by atoms with Gasteiger partial charge in [-0.2, -0.15) is 0 Å². The van der Waals surface area contributed by atoms with Crippen LogP contribution in [0.1, 0.15) is 31.2 Å². The number of halogens is 1. The monoisotopic (exact) mass is 488 g/mol. The molecule has 0 aromatic heterocycles. The van der Waals surface area contributed by atoms with Gasteiger partial charge in [-0.1, -0.05) is 17.7 Å². The van der Waals surface area contributed by atoms with Crippen LogP contribution in [0.2, 0.25) is 5.02 Å². The van der Waals surface area contributed by atoms with E-state index < -0.39 is 5.60 Å². The Labute approximate surface area is 206 Å². The van der Waals surface area contributed by atoms with Crippen LogP contribution in [-0.4, -0.2) is 72.9 Å². The van der Waals surface area contributed by atoms with E-state index in [1.807, 2.05) is 23.1 Å². The van der Waals surface area contributed by atoms with Gasteiger partial charge in [-0.3, -0.25) is 9.69 Å². The van der Waals surface area contributed by atoms with Crippen LogP contribution in [0.4, 0.5) is 0 Å². The number of phenols is 1. The number of aromatic hydroxyl groups is 1. The van der Waals surface area contributed by atoms with Crippen molar-refractivity contribution < 1.29 is 24.1 Å². The Morgan fingerprint density at radius 1 is 1.12 bits per heavy atom. The molecule has 0 spiro atoms. The minimum atomic E-state index is -0.763. The maximum Gasteiger partial charge on any atom is 0.225 e. The van der Waals surface area contributed by atoms with Gasteiger partial charge in [0.05, 0.1) is 20.1 Å². The van der Waals surface area contributed by atoms with E-state index in [9.17, 15) is 9.90 Å². The number of nitrogens with zero attached hydrogens (tertiary/aromatic N) is 2. The van der Waals surface area contributed by atoms with Crippen LogP contribution in [0.25, 0.3) is 0 Å². The molecule has 1 unspecified atom stereocenters. The number of morpholine rings is 1. The van der Waals surface area contributed by atoms with Gasteiger partial charge in [-0.15, -0.1) is 0 Å². The molecular weight excluding hydrogens is 456 g/mol. The Bertz CT molecular complexity index is 964. The molecule has 1 amide bonds. The van der Waals surface area contributed by atoms with Gasteiger partial charge >= 0.3 is 0 Å². The Hall–Kier alpha value is -2.48. The third-order valence-corrected chi connectivity index (χ3v) is 6.73. The summed E-state index contributed by atoms with van der Waals surface area (Å²) in [6, 6.07) is 12.6. The lowest BCUT2D eigenvalue weighted by molar-refractivity contribution is -0.157. The van der Waals surface area contributed by atoms with E-state index in [0.717, 1.165) is 38.0 Å². The molecule has 2 aliphatic heterocycles. The molecule has 0 radical (unpaired) electrons. The van der Waals surface area contributed by atoms with Gasteiger partial charge in [0, 0.05) is 37.7 Å². The average Bonchev–Trinajstić information content (AvgIpc) is 2.85. The van der Waals surface area contributed by atoms with E-state index in [2.05, 4.69) is 4.90 Å². The predicted octanol–water partition coefficient (Wildman–Crippen LogP) is 4.11. The van der Waals surface area contributed by atoms with Crippen molar-refractivity contribution in [3.8, 4) is 17.2 Å². The number of piperidine rings is 1. The molecular formula is C26H33ClN2O5. The second kappa shape index (κ2) is 11.3. The van der Waals surface area contributed by atoms with Crippen LogP contribution >= 0.6 is 11.6 Å². The van der Waals surface area contributed by atoms with Gasteiger partial charge in [0.15, 0.2) is 11.5 Å². The molecule has 1 atom stereocenters. The number of hydrogen-bond donors (Lipinski definition) is 1. The normalized spacial score (nSPS) is 21.3. The molecule has 2 heterocycles. The van der Waals surface area contributed by atoms with Gasteiger partial charge in [-0.25, -0.2) is 0 Å². The molecule has 2 saturated heterocycles. The Kier molecular flexibility index (Phi) is 8.19. The number of rotatable bonds is 8. The largest absolute Gasteiger partial charge is 0.504 e. The molecule has 1 N–H and O–H groups in total. The number of phenolic OH excluding ortho intramolecular Hbond substituents is 1. The summed E-state index contributed by atoms with van der Waals surface area (Å²) in [6.45, 7) is 4.28. The molecule has 2 aromatic carbocycles. The van der Waals surface area contributed by atoms with Gasteiger partial charge in [0.1, 0.15) is 18.0 Å². The number of amides is 1. The van der Waals surface area contributed by atoms with Gasteiger partial charge in [0.25, 0.3) is 0 Å². The first kappa shape index (κ1) is 24.6. The molecule has 34 heavy (non-hydrogen) atoms. The maximum absolute atomic E-state index is 13.2. The lowest BCUT2D eigenvalue weighted by Crippen LogP contribution is -2.57. The van der Waals surface area contributed by atoms with E-state index in [-0.39, 0.29) is 24.7 Å². The van der Waals surface area contributed by atoms with Crippen molar-refractivity contribution in [2.24, 2.45) is 0 Å². The molecule has 2 fully saturated rings. The summed E-state index contributed by atoms with van der Waals surface area (Å²) in [6.07, 6.45) is 3.54. The summed E-state index contributed by atoms with van der Waals surface area (Å²) < 4.78 is 17.5. The smallest absolute Gasteiger partial charge is 0.225 e. The Balaban J connectivity index is 1.48. The zero-order chi connectivity index (χ0) is 24.0. The summed E-state index contributed by atoms with van der Waals surface area (Å²) in [5, 5.41) is 10.8. The number of likely N-dealkylation sites (tertiary alicyclic amines) is 1. The predicted molar refractivity (Wildman–Crippen MR) is 131 cm³/mol. The molecule has 0 aliphatic carbocycles. The van der Waals surface area contributed by atoms with E-state index in [0.29, 0.717) is 36.2 Å². The second-order valence-corrected chi connectivity index (χ2v) is 9.55. The van der Waals surface area contributed by atoms with Gasteiger partial charge in [-0.05, 0) is 61.2 Å². The molecule has 0 bridgehead atoms. The molecule has 0 saturated carbocycles. The van der Waals surface area contributed by atoms with E-state index in [1.54, 1.807) is 24.3 Å². The van der Waals surface area contributed by atoms with Crippen molar-refractivity contribution in [1.82, 2.24) is 9.80 Å². The number of carbonyl (C=O) groups excluding carboxylic acids is 1. The summed E-state index contributed by atoms with van der Waals surface area (Å²) in [5.74, 6) is 1.37. The highest BCUT2D eigenvalue weighted by Gasteiger charge is 2.41. The topological polar surface area (TPSA) is 71.5 Å². The average molecular weight is 489 g/mol. The number of ether oxygens (including phenoxy) is 3. The lowest BCUT2D eigenvalue weighted by atomic mass is 9.95. The van der Waals surface area contributed by atoms with Crippen molar-refractivity contribution in [2.45, 2.75) is 37.8 Å². The quantitative estimate of drug-likeness (QED) is 0.603. The standard InChI is InChI=1S/C26H33ClN2O5/c1-32-24-10-5-20(15-23(24)30)17-28-13-14-34-26(18-28,16-25(31)29-11-3-2-4-12-29)19-33-22-8-6-21(27)7-9-22/h5-10,15,30H,2-4,11-14,16-19H2,1H3. The Morgan fingerprint density at radius 2 is 1.88 bits per heavy atom. The molecule has 8 heteroatoms. The first-order valence-corrected chi connectivity index (χ1v) is 12.2. The van der Waals surface area contributed by atoms with Crippen molar-refractivity contribution in [2.75, 3.05) is 46.5 Å². The SMILES string of the molecule is COc1ccc(CN2CCOC(COc3ccc(Cl)cc3)(CC(=O)N3CCCCC3)C2)cc1O. The van der Waals surface area contributed by atoms with E-state index >= 15 is 0 Å². The number of benzene rings is 2. The summed E-state index contributed by atoms with van der Waals surface area (Å²) >= 11 is 6.01. The number of hydrogen-bond acceptors (Lipinski definition) is 6. The van der Waals surface area contributed by atoms with Crippen molar-refractivity contribution >= 4 is 17.5 Å². The highest BCUT2D eigenvalue weighted by molar-refractivity contribution is 6.30. The van der Waals surface area contributed by atoms with Gasteiger partial charge < -0.3 is 24.2 Å². The fourth-order valence-electron chi connectivity index (χ4n) is 4.67. The molecule has 7 nitrogen and oxygen atoms in total. The van der Waals surface area contributed by atoms with E-state index in [1.165, 1.54) is 13.5 Å². The number of carbonyl (C=O) groups is 1. The zero-order valence-electron chi connectivity index (χ0n) is 19.7. The molecule has 2 aliphatic rings. The van der Waals surface area contributed by atoms with Crippen LogP contribution in [0, 0.1) is 0 Å². The lowest BCUT2D eigenvalue weighted by Gasteiger charge is -2.43. The Morgan fingerprint density at radius 3 is 2.59 bits per heavy atom. The minimum absolute atomic E-state index is 0.114. The zero-order valence-corrected chi connectivity index (χ0v) is 20.4. The summed E-state index contributed by atoms with van der Waals surface area (Å²) in [5.41, 5.74) is 0.205. The van der Waals surface area contributed by atoms with Gasteiger partial charge in [0.2, 0.25) is 5.91 Å². The summed E-state index contributed by atoms with van der Waals surface area (Å²) in [7, 11) is 1.53. The molecule has 4 rings (SSSR count).